The molecule has 0 aromatic rings. The van der Waals surface area contributed by atoms with Gasteiger partial charge in [0.2, 0.25) is 5.91 Å². The smallest absolute Gasteiger partial charge is 0.328 e. The van der Waals surface area contributed by atoms with Crippen molar-refractivity contribution in [2.75, 3.05) is 26.7 Å². The summed E-state index contributed by atoms with van der Waals surface area (Å²) in [4.78, 5) is 25.9. The van der Waals surface area contributed by atoms with Crippen molar-refractivity contribution in [1.82, 2.24) is 10.2 Å². The van der Waals surface area contributed by atoms with Gasteiger partial charge in [0, 0.05) is 13.0 Å². The van der Waals surface area contributed by atoms with Crippen LogP contribution in [0.2, 0.25) is 0 Å². The van der Waals surface area contributed by atoms with E-state index in [1.807, 2.05) is 0 Å². The van der Waals surface area contributed by atoms with Gasteiger partial charge in [-0.2, -0.15) is 0 Å². The molecule has 2 aliphatic rings. The third kappa shape index (κ3) is 5.15. The maximum atomic E-state index is 12.4. The highest BCUT2D eigenvalue weighted by atomic mass is 35.5. The Labute approximate surface area is 133 Å². The molecule has 0 saturated carbocycles. The number of carbonyl (C=O) groups is 2. The predicted molar refractivity (Wildman–Crippen MR) is 83.4 cm³/mol. The summed E-state index contributed by atoms with van der Waals surface area (Å²) in [5, 5.41) is 3.34. The number of halogens is 1. The Morgan fingerprint density at radius 3 is 2.57 bits per heavy atom. The number of hydrogen-bond acceptors (Lipinski definition) is 4. The van der Waals surface area contributed by atoms with E-state index in [9.17, 15) is 9.59 Å². The Hall–Kier alpha value is -0.810. The van der Waals surface area contributed by atoms with Gasteiger partial charge in [-0.1, -0.05) is 0 Å². The quantitative estimate of drug-likeness (QED) is 0.802. The monoisotopic (exact) mass is 318 g/mol. The zero-order chi connectivity index (χ0) is 14.4. The second kappa shape index (κ2) is 9.26. The molecule has 2 aliphatic heterocycles. The highest BCUT2D eigenvalue weighted by Crippen LogP contribution is 2.22. The van der Waals surface area contributed by atoms with Gasteiger partial charge in [-0.3, -0.25) is 4.79 Å². The van der Waals surface area contributed by atoms with Crippen LogP contribution in [-0.4, -0.2) is 49.6 Å². The number of nitrogens with one attached hydrogen (secondary N) is 1. The van der Waals surface area contributed by atoms with Crippen molar-refractivity contribution < 1.29 is 14.3 Å². The first-order valence-corrected chi connectivity index (χ1v) is 7.80. The van der Waals surface area contributed by atoms with Crippen LogP contribution in [0.5, 0.6) is 0 Å². The van der Waals surface area contributed by atoms with E-state index in [4.69, 9.17) is 4.74 Å². The zero-order valence-electron chi connectivity index (χ0n) is 12.8. The number of esters is 1. The average Bonchev–Trinajstić information content (AvgIpc) is 2.52. The molecule has 0 aliphatic carbocycles. The molecule has 0 aromatic carbocycles. The fraction of sp³-hybridized carbons (Fsp3) is 0.867. The fourth-order valence-corrected chi connectivity index (χ4v) is 3.25. The van der Waals surface area contributed by atoms with E-state index < -0.39 is 0 Å². The van der Waals surface area contributed by atoms with Gasteiger partial charge in [-0.25, -0.2) is 4.79 Å². The molecule has 6 heteroatoms. The van der Waals surface area contributed by atoms with Crippen molar-refractivity contribution in [3.05, 3.63) is 0 Å². The Morgan fingerprint density at radius 1 is 1.19 bits per heavy atom. The van der Waals surface area contributed by atoms with Crippen LogP contribution in [0.3, 0.4) is 0 Å². The Morgan fingerprint density at radius 2 is 1.90 bits per heavy atom. The lowest BCUT2D eigenvalue weighted by molar-refractivity contribution is -0.154. The highest BCUT2D eigenvalue weighted by Gasteiger charge is 2.32. The minimum absolute atomic E-state index is 0. The SMILES string of the molecule is COC(=O)C1CCCCN1C(=O)CCC1CCNCC1.Cl. The van der Waals surface area contributed by atoms with Crippen molar-refractivity contribution in [2.24, 2.45) is 5.92 Å². The molecule has 1 unspecified atom stereocenters. The standard InChI is InChI=1S/C15H26N2O3.ClH/c1-20-15(19)13-4-2-3-11-17(13)14(18)6-5-12-7-9-16-10-8-12;/h12-13,16H,2-11H2,1H3;1H. The van der Waals surface area contributed by atoms with Crippen LogP contribution in [0.25, 0.3) is 0 Å². The van der Waals surface area contributed by atoms with Crippen LogP contribution in [0.4, 0.5) is 0 Å². The first-order valence-electron chi connectivity index (χ1n) is 7.80. The second-order valence-electron chi connectivity index (χ2n) is 5.85. The minimum Gasteiger partial charge on any atom is -0.467 e. The largest absolute Gasteiger partial charge is 0.467 e. The van der Waals surface area contributed by atoms with Crippen molar-refractivity contribution >= 4 is 24.3 Å². The Bertz CT molecular complexity index is 346. The lowest BCUT2D eigenvalue weighted by atomic mass is 9.92. The zero-order valence-corrected chi connectivity index (χ0v) is 13.6. The fourth-order valence-electron chi connectivity index (χ4n) is 3.25. The highest BCUT2D eigenvalue weighted by molar-refractivity contribution is 5.85. The lowest BCUT2D eigenvalue weighted by Crippen LogP contribution is -2.48. The molecule has 2 saturated heterocycles. The van der Waals surface area contributed by atoms with Gasteiger partial charge in [0.05, 0.1) is 7.11 Å². The van der Waals surface area contributed by atoms with Gasteiger partial charge in [-0.15, -0.1) is 12.4 Å². The number of piperidine rings is 2. The topological polar surface area (TPSA) is 58.6 Å². The van der Waals surface area contributed by atoms with E-state index in [2.05, 4.69) is 5.32 Å². The van der Waals surface area contributed by atoms with Crippen LogP contribution in [0, 0.1) is 5.92 Å². The molecule has 122 valence electrons. The van der Waals surface area contributed by atoms with Gasteiger partial charge in [-0.05, 0) is 57.5 Å². The molecule has 2 fully saturated rings. The summed E-state index contributed by atoms with van der Waals surface area (Å²) in [6.07, 6.45) is 6.57. The van der Waals surface area contributed by atoms with Crippen molar-refractivity contribution in [2.45, 2.75) is 51.0 Å². The van der Waals surface area contributed by atoms with Gasteiger partial charge in [0.25, 0.3) is 0 Å². The molecule has 0 radical (unpaired) electrons. The maximum absolute atomic E-state index is 12.4. The van der Waals surface area contributed by atoms with Crippen molar-refractivity contribution in [1.29, 1.82) is 0 Å². The Kier molecular flexibility index (Phi) is 8.04. The summed E-state index contributed by atoms with van der Waals surface area (Å²) in [6.45, 7) is 2.82. The lowest BCUT2D eigenvalue weighted by Gasteiger charge is -2.34. The van der Waals surface area contributed by atoms with E-state index in [1.54, 1.807) is 4.90 Å². The number of methoxy groups -OCH3 is 1. The van der Waals surface area contributed by atoms with E-state index in [-0.39, 0.29) is 30.3 Å². The summed E-state index contributed by atoms with van der Waals surface area (Å²) >= 11 is 0. The van der Waals surface area contributed by atoms with Crippen LogP contribution in [-0.2, 0) is 14.3 Å². The van der Waals surface area contributed by atoms with Gasteiger partial charge in [0.15, 0.2) is 0 Å². The number of amides is 1. The first-order chi connectivity index (χ1) is 9.72. The molecule has 5 nitrogen and oxygen atoms in total. The Balaban J connectivity index is 0.00000220. The average molecular weight is 319 g/mol. The van der Waals surface area contributed by atoms with Crippen LogP contribution < -0.4 is 5.32 Å². The molecular weight excluding hydrogens is 292 g/mol. The van der Waals surface area contributed by atoms with E-state index >= 15 is 0 Å². The number of carbonyl (C=O) groups excluding carboxylic acids is 2. The second-order valence-corrected chi connectivity index (χ2v) is 5.85. The van der Waals surface area contributed by atoms with E-state index in [1.165, 1.54) is 7.11 Å². The maximum Gasteiger partial charge on any atom is 0.328 e. The first kappa shape index (κ1) is 18.2. The van der Waals surface area contributed by atoms with Gasteiger partial charge < -0.3 is 15.0 Å². The van der Waals surface area contributed by atoms with Gasteiger partial charge >= 0.3 is 5.97 Å². The molecule has 21 heavy (non-hydrogen) atoms. The molecule has 2 heterocycles. The van der Waals surface area contributed by atoms with Crippen LogP contribution >= 0.6 is 12.4 Å². The molecular formula is C15H27ClN2O3. The summed E-state index contributed by atoms with van der Waals surface area (Å²) in [5.41, 5.74) is 0. The van der Waals surface area contributed by atoms with Crippen molar-refractivity contribution in [3.63, 3.8) is 0 Å². The third-order valence-corrected chi connectivity index (χ3v) is 4.52. The van der Waals surface area contributed by atoms with Crippen LogP contribution in [0.1, 0.15) is 44.9 Å². The molecule has 1 amide bonds. The van der Waals surface area contributed by atoms with Gasteiger partial charge in [0.1, 0.15) is 6.04 Å². The molecule has 0 aromatic heterocycles. The molecule has 0 spiro atoms. The number of ether oxygens (including phenoxy) is 1. The number of rotatable bonds is 4. The predicted octanol–water partition coefficient (Wildman–Crippen LogP) is 1.74. The third-order valence-electron chi connectivity index (χ3n) is 4.52. The summed E-state index contributed by atoms with van der Waals surface area (Å²) in [7, 11) is 1.40. The van der Waals surface area contributed by atoms with E-state index in [0.29, 0.717) is 18.9 Å². The molecule has 1 N–H and O–H groups in total. The van der Waals surface area contributed by atoms with Crippen LogP contribution in [0.15, 0.2) is 0 Å². The molecule has 1 atom stereocenters. The van der Waals surface area contributed by atoms with Crippen molar-refractivity contribution in [3.8, 4) is 0 Å². The number of hydrogen-bond donors (Lipinski definition) is 1. The molecule has 2 rings (SSSR count). The summed E-state index contributed by atoms with van der Waals surface area (Å²) in [5.74, 6) is 0.514. The molecule has 0 bridgehead atoms. The minimum atomic E-state index is -0.353. The van der Waals surface area contributed by atoms with E-state index in [0.717, 1.165) is 51.6 Å². The number of likely N-dealkylation sites (tertiary alicyclic amines) is 1. The number of nitrogens with zero attached hydrogens (tertiary/aromatic N) is 1. The normalized spacial score (nSPS) is 23.3. The summed E-state index contributed by atoms with van der Waals surface area (Å²) < 4.78 is 4.82. The summed E-state index contributed by atoms with van der Waals surface area (Å²) in [6, 6.07) is -0.353.